The maximum Gasteiger partial charge on any atom is 0.501 e. The number of fused-ring (bicyclic) bond motifs is 4. The quantitative estimate of drug-likeness (QED) is 0.126. The molecule has 0 amide bonds. The number of halogens is 13. The van der Waals surface area contributed by atoms with Gasteiger partial charge in [-0.05, 0) is 56.9 Å². The van der Waals surface area contributed by atoms with E-state index in [1.807, 2.05) is 0 Å². The highest BCUT2D eigenvalue weighted by Crippen LogP contribution is 2.45. The molecule has 5 aromatic heterocycles. The first-order valence-corrected chi connectivity index (χ1v) is 24.9. The van der Waals surface area contributed by atoms with Gasteiger partial charge in [-0.25, -0.2) is 49.0 Å². The molecule has 31 heteroatoms. The summed E-state index contributed by atoms with van der Waals surface area (Å²) in [4.78, 5) is 9.94. The fraction of sp³-hybridized carbons (Fsp3) is 0.500. The van der Waals surface area contributed by atoms with Gasteiger partial charge in [0.25, 0.3) is 9.84 Å². The molecule has 2 atom stereocenters. The van der Waals surface area contributed by atoms with Gasteiger partial charge in [0.2, 0.25) is 11.8 Å². The van der Waals surface area contributed by atoms with Gasteiger partial charge in [0.05, 0.1) is 45.8 Å². The van der Waals surface area contributed by atoms with E-state index in [-0.39, 0.29) is 99.0 Å². The highest BCUT2D eigenvalue weighted by molar-refractivity contribution is 7.92. The second-order valence-corrected chi connectivity index (χ2v) is 22.5. The number of hydrogen-bond donors (Lipinski definition) is 0. The molecule has 2 aliphatic heterocycles. The van der Waals surface area contributed by atoms with Crippen LogP contribution >= 0.6 is 0 Å². The van der Waals surface area contributed by atoms with E-state index in [0.29, 0.717) is 24.4 Å². The molecule has 0 aliphatic carbocycles. The predicted octanol–water partition coefficient (Wildman–Crippen LogP) is 8.40. The number of alkyl halides is 13. The second-order valence-electron chi connectivity index (χ2n) is 16.1. The largest absolute Gasteiger partial charge is 0.501 e. The van der Waals surface area contributed by atoms with Crippen molar-refractivity contribution >= 4 is 51.8 Å². The molecule has 0 saturated heterocycles. The summed E-state index contributed by atoms with van der Waals surface area (Å²) in [6.07, 6.45) is -10.7. The van der Waals surface area contributed by atoms with E-state index in [1.54, 1.807) is 0 Å². The molecule has 7 heterocycles. The van der Waals surface area contributed by atoms with Crippen molar-refractivity contribution in [2.24, 2.45) is 18.9 Å². The number of pyridine rings is 1. The smallest absolute Gasteiger partial charge is 0.435 e. The highest BCUT2D eigenvalue weighted by Gasteiger charge is 2.59. The summed E-state index contributed by atoms with van der Waals surface area (Å²) in [6, 6.07) is 2.78. The Kier molecular flexibility index (Phi) is 12.6. The van der Waals surface area contributed by atoms with E-state index in [9.17, 15) is 82.3 Å². The molecule has 0 N–H and O–H groups in total. The van der Waals surface area contributed by atoms with E-state index >= 15 is 0 Å². The van der Waals surface area contributed by atoms with Crippen LogP contribution in [0.15, 0.2) is 49.6 Å². The molecule has 2 unspecified atom stereocenters. The van der Waals surface area contributed by atoms with E-state index in [0.717, 1.165) is 26.9 Å². The third-order valence-electron chi connectivity index (χ3n) is 11.6. The van der Waals surface area contributed by atoms with Gasteiger partial charge in [0.1, 0.15) is 26.5 Å². The number of aromatic nitrogens is 8. The summed E-state index contributed by atoms with van der Waals surface area (Å²) >= 11 is 0. The Morgan fingerprint density at radius 3 is 1.77 bits per heavy atom. The molecular formula is C38H35F13N8O7S3. The normalized spacial score (nSPS) is 17.8. The zero-order valence-electron chi connectivity index (χ0n) is 35.8. The summed E-state index contributed by atoms with van der Waals surface area (Å²) in [5.74, 6) is -12.5. The Hall–Kier alpha value is -5.33. The number of nitrogens with zero attached hydrogens (tertiary/aromatic N) is 8. The first-order chi connectivity index (χ1) is 31.5. The third-order valence-corrected chi connectivity index (χ3v) is 16.7. The first kappa shape index (κ1) is 51.5. The molecular weight excluding hydrogens is 1020 g/mol. The topological polar surface area (TPSA) is 195 Å². The van der Waals surface area contributed by atoms with Gasteiger partial charge >= 0.3 is 23.8 Å². The van der Waals surface area contributed by atoms with Crippen molar-refractivity contribution in [1.29, 1.82) is 0 Å². The molecule has 0 bridgehead atoms. The predicted molar refractivity (Wildman–Crippen MR) is 214 cm³/mol. The Morgan fingerprint density at radius 1 is 0.710 bits per heavy atom. The van der Waals surface area contributed by atoms with Crippen molar-refractivity contribution in [3.05, 3.63) is 47.4 Å². The average Bonchev–Trinajstić information content (AvgIpc) is 4.03. The second kappa shape index (κ2) is 16.9. The van der Waals surface area contributed by atoms with Crippen LogP contribution in [-0.2, 0) is 68.4 Å². The molecule has 2 aliphatic rings. The number of oxazole rings is 1. The minimum absolute atomic E-state index is 0.00383. The maximum atomic E-state index is 13.9. The van der Waals surface area contributed by atoms with Crippen molar-refractivity contribution in [2.45, 2.75) is 104 Å². The summed E-state index contributed by atoms with van der Waals surface area (Å²) in [6.45, 7) is 2.60. The van der Waals surface area contributed by atoms with Gasteiger partial charge in [0.15, 0.2) is 42.4 Å². The summed E-state index contributed by atoms with van der Waals surface area (Å²) < 4.78 is 256. The van der Waals surface area contributed by atoms with Crippen LogP contribution in [0.4, 0.5) is 57.1 Å². The SMILES string of the molecule is CCS(=O)(=O)c1c(-c2nc3cc(C(F)(F)C(F)(F)F)cnc3n2C)nn2c1CCC(C(F)(F)F)C2.CCS(=O)(=O)c1c(-c2nc3cc(S(=O)(=O)C(F)(F)F)ccc3o2)nn2c1CCC(C(C)(F)F)C2. The number of sulfone groups is 3. The lowest BCUT2D eigenvalue weighted by Gasteiger charge is -2.28. The van der Waals surface area contributed by atoms with Gasteiger partial charge in [-0.3, -0.25) is 9.36 Å². The highest BCUT2D eigenvalue weighted by atomic mass is 32.2. The van der Waals surface area contributed by atoms with Crippen LogP contribution in [0, 0.1) is 11.8 Å². The van der Waals surface area contributed by atoms with Crippen molar-refractivity contribution in [3.8, 4) is 23.1 Å². The summed E-state index contributed by atoms with van der Waals surface area (Å²) in [5, 5.41) is 8.22. The van der Waals surface area contributed by atoms with E-state index in [4.69, 9.17) is 4.42 Å². The number of hydrogen-bond acceptors (Lipinski definition) is 12. The molecule has 15 nitrogen and oxygen atoms in total. The molecule has 6 aromatic rings. The van der Waals surface area contributed by atoms with Crippen LogP contribution in [0.25, 0.3) is 45.4 Å². The molecule has 8 rings (SSSR count). The van der Waals surface area contributed by atoms with Crippen LogP contribution in [-0.4, -0.2) is 99.6 Å². The van der Waals surface area contributed by atoms with Crippen molar-refractivity contribution in [1.82, 2.24) is 39.1 Å². The van der Waals surface area contributed by atoms with Gasteiger partial charge in [-0.2, -0.15) is 58.5 Å². The Bertz CT molecular complexity index is 3330. The van der Waals surface area contributed by atoms with E-state index in [2.05, 4.69) is 25.1 Å². The lowest BCUT2D eigenvalue weighted by molar-refractivity contribution is -0.289. The van der Waals surface area contributed by atoms with Crippen molar-refractivity contribution in [2.75, 3.05) is 11.5 Å². The average molecular weight is 1060 g/mol. The first-order valence-electron chi connectivity index (χ1n) is 20.1. The zero-order chi connectivity index (χ0) is 51.4. The van der Waals surface area contributed by atoms with Gasteiger partial charge in [-0.1, -0.05) is 13.8 Å². The molecule has 0 fully saturated rings. The van der Waals surface area contributed by atoms with Gasteiger partial charge < -0.3 is 8.98 Å². The fourth-order valence-corrected chi connectivity index (χ4v) is 11.2. The number of benzene rings is 1. The monoisotopic (exact) mass is 1060 g/mol. The van der Waals surface area contributed by atoms with E-state index in [1.165, 1.54) is 20.9 Å². The Morgan fingerprint density at radius 2 is 1.25 bits per heavy atom. The van der Waals surface area contributed by atoms with E-state index < -0.39 is 99.3 Å². The minimum atomic E-state index is -5.89. The van der Waals surface area contributed by atoms with Gasteiger partial charge in [0, 0.05) is 25.7 Å². The molecule has 0 saturated carbocycles. The number of rotatable bonds is 9. The molecule has 378 valence electrons. The fourth-order valence-electron chi connectivity index (χ4n) is 7.81. The van der Waals surface area contributed by atoms with Crippen LogP contribution < -0.4 is 0 Å². The van der Waals surface area contributed by atoms with Gasteiger partial charge in [-0.15, -0.1) is 0 Å². The molecule has 69 heavy (non-hydrogen) atoms. The van der Waals surface area contributed by atoms with Crippen LogP contribution in [0.1, 0.15) is 50.6 Å². The zero-order valence-corrected chi connectivity index (χ0v) is 38.2. The Labute approximate surface area is 381 Å². The summed E-state index contributed by atoms with van der Waals surface area (Å²) in [7, 11) is -12.3. The minimum Gasteiger partial charge on any atom is -0.435 e. The molecule has 1 aromatic carbocycles. The van der Waals surface area contributed by atoms with Crippen molar-refractivity contribution in [3.63, 3.8) is 0 Å². The standard InChI is InChI=1S/C19H17F8N5O2S.C19H18F5N3O5S2/c1-3-35(33,34)14-12-5-4-9(18(22,23)24)8-32(12)30-13(14)16-29-11-6-10(7-28-15(11)31(16)2)17(20,21)19(25,26)27;1-3-33(28,29)16-13-6-4-10(18(2,20)21)9-27(13)26-15(16)17-25-12-8-11(5-7-14(12)32-17)34(30,31)19(22,23)24/h6-7,9H,3-5,8H2,1-2H3;5,7-8,10H,3-4,6,9H2,1-2H3. The maximum absolute atomic E-state index is 13.9. The molecule has 0 spiro atoms. The lowest BCUT2D eigenvalue weighted by Crippen LogP contribution is -2.33. The van der Waals surface area contributed by atoms with Crippen molar-refractivity contribution < 1.29 is 86.7 Å². The Balaban J connectivity index is 0.000000204. The van der Waals surface area contributed by atoms with Crippen LogP contribution in [0.2, 0.25) is 0 Å². The third kappa shape index (κ3) is 9.16. The van der Waals surface area contributed by atoms with Crippen LogP contribution in [0.3, 0.4) is 0 Å². The lowest BCUT2D eigenvalue weighted by atomic mass is 9.93. The molecule has 0 radical (unpaired) electrons. The summed E-state index contributed by atoms with van der Waals surface area (Å²) in [5.41, 5.74) is -8.28. The number of imidazole rings is 1. The number of aryl methyl sites for hydroxylation is 1. The van der Waals surface area contributed by atoms with Crippen LogP contribution in [0.5, 0.6) is 0 Å².